The molecule has 1 fully saturated rings. The first-order valence-electron chi connectivity index (χ1n) is 5.44. The fourth-order valence-electron chi connectivity index (χ4n) is 1.75. The number of aliphatic hydroxyl groups excluding tert-OH is 1. The lowest BCUT2D eigenvalue weighted by atomic mass is 9.94. The molecule has 1 heterocycles. The van der Waals surface area contributed by atoms with Gasteiger partial charge in [-0.3, -0.25) is 5.32 Å². The second-order valence-corrected chi connectivity index (χ2v) is 3.65. The average molecular weight is 217 g/mol. The predicted molar refractivity (Wildman–Crippen MR) is 54.3 cm³/mol. The summed E-state index contributed by atoms with van der Waals surface area (Å²) in [6.07, 6.45) is 1.64. The number of hydrogen-bond donors (Lipinski definition) is 2. The Kier molecular flexibility index (Phi) is 5.42. The van der Waals surface area contributed by atoms with Crippen molar-refractivity contribution < 1.29 is 19.4 Å². The van der Waals surface area contributed by atoms with Crippen LogP contribution in [0.25, 0.3) is 0 Å². The monoisotopic (exact) mass is 217 g/mol. The number of piperidine rings is 1. The Hall–Kier alpha value is -0.810. The summed E-state index contributed by atoms with van der Waals surface area (Å²) in [5, 5.41) is 11.9. The molecule has 1 aliphatic rings. The summed E-state index contributed by atoms with van der Waals surface area (Å²) in [4.78, 5) is 11.0. The van der Waals surface area contributed by atoms with Gasteiger partial charge in [0.15, 0.2) is 6.23 Å². The Labute approximate surface area is 89.8 Å². The maximum atomic E-state index is 11.0. The Balaban J connectivity index is 2.26. The van der Waals surface area contributed by atoms with Crippen molar-refractivity contribution in [1.82, 2.24) is 5.32 Å². The molecule has 1 saturated heterocycles. The molecule has 0 radical (unpaired) electrons. The molecule has 2 unspecified atom stereocenters. The molecule has 0 saturated carbocycles. The van der Waals surface area contributed by atoms with Crippen LogP contribution in [-0.4, -0.2) is 37.2 Å². The molecule has 0 spiro atoms. The van der Waals surface area contributed by atoms with E-state index >= 15 is 0 Å². The van der Waals surface area contributed by atoms with Crippen LogP contribution >= 0.6 is 0 Å². The van der Waals surface area contributed by atoms with Crippen LogP contribution in [0.15, 0.2) is 0 Å². The van der Waals surface area contributed by atoms with Crippen molar-refractivity contribution in [3.8, 4) is 0 Å². The van der Waals surface area contributed by atoms with Gasteiger partial charge in [-0.25, -0.2) is 4.79 Å². The number of nitrogens with one attached hydrogen (secondary N) is 1. The lowest BCUT2D eigenvalue weighted by Crippen LogP contribution is -2.41. The first-order chi connectivity index (χ1) is 7.26. The Morgan fingerprint density at radius 2 is 2.40 bits per heavy atom. The van der Waals surface area contributed by atoms with Crippen molar-refractivity contribution in [2.75, 3.05) is 19.8 Å². The second kappa shape index (κ2) is 6.63. The van der Waals surface area contributed by atoms with Crippen molar-refractivity contribution in [3.63, 3.8) is 0 Å². The van der Waals surface area contributed by atoms with Gasteiger partial charge in [0, 0.05) is 13.0 Å². The molecule has 2 atom stereocenters. The summed E-state index contributed by atoms with van der Waals surface area (Å²) in [6.45, 7) is 3.07. The minimum atomic E-state index is -0.625. The topological polar surface area (TPSA) is 67.8 Å². The summed E-state index contributed by atoms with van der Waals surface area (Å²) in [5.41, 5.74) is 0. The third-order valence-electron chi connectivity index (χ3n) is 2.51. The number of carbonyl (C=O) groups excluding carboxylic acids is 1. The molecule has 0 aromatic carbocycles. The van der Waals surface area contributed by atoms with Crippen molar-refractivity contribution in [2.24, 2.45) is 5.92 Å². The average Bonchev–Trinajstić information content (AvgIpc) is 2.19. The molecule has 1 aliphatic heterocycles. The van der Waals surface area contributed by atoms with E-state index in [2.05, 4.69) is 10.1 Å². The zero-order valence-electron chi connectivity index (χ0n) is 9.07. The van der Waals surface area contributed by atoms with Gasteiger partial charge < -0.3 is 14.6 Å². The highest BCUT2D eigenvalue weighted by atomic mass is 16.7. The largest absolute Gasteiger partial charge is 0.509 e. The van der Waals surface area contributed by atoms with Crippen molar-refractivity contribution in [2.45, 2.75) is 32.4 Å². The van der Waals surface area contributed by atoms with Gasteiger partial charge >= 0.3 is 6.16 Å². The minimum Gasteiger partial charge on any atom is -0.435 e. The number of rotatable bonds is 4. The first kappa shape index (κ1) is 12.3. The Morgan fingerprint density at radius 3 is 3.07 bits per heavy atom. The van der Waals surface area contributed by atoms with Gasteiger partial charge in [0.1, 0.15) is 0 Å². The number of carbonyl (C=O) groups is 1. The number of ether oxygens (including phenoxy) is 2. The summed E-state index contributed by atoms with van der Waals surface area (Å²) >= 11 is 0. The van der Waals surface area contributed by atoms with Crippen LogP contribution in [0.5, 0.6) is 0 Å². The number of aliphatic hydroxyl groups is 1. The van der Waals surface area contributed by atoms with Gasteiger partial charge in [0.25, 0.3) is 0 Å². The molecule has 0 aliphatic carbocycles. The maximum Gasteiger partial charge on any atom is 0.509 e. The van der Waals surface area contributed by atoms with Crippen LogP contribution in [0.3, 0.4) is 0 Å². The Morgan fingerprint density at radius 1 is 1.60 bits per heavy atom. The fraction of sp³-hybridized carbons (Fsp3) is 0.900. The predicted octanol–water partition coefficient (Wildman–Crippen LogP) is 0.868. The quantitative estimate of drug-likeness (QED) is 0.684. The summed E-state index contributed by atoms with van der Waals surface area (Å²) < 4.78 is 9.74. The van der Waals surface area contributed by atoms with E-state index in [-0.39, 0.29) is 12.8 Å². The van der Waals surface area contributed by atoms with Gasteiger partial charge in [-0.05, 0) is 32.2 Å². The molecule has 0 aromatic heterocycles. The molecule has 1 rings (SSSR count). The molecule has 0 amide bonds. The van der Waals surface area contributed by atoms with Gasteiger partial charge in [-0.2, -0.15) is 0 Å². The zero-order chi connectivity index (χ0) is 11.1. The molecule has 0 bridgehead atoms. The van der Waals surface area contributed by atoms with Crippen LogP contribution in [0.4, 0.5) is 4.79 Å². The lowest BCUT2D eigenvalue weighted by molar-refractivity contribution is -0.00653. The van der Waals surface area contributed by atoms with Gasteiger partial charge in [-0.1, -0.05) is 0 Å². The zero-order valence-corrected chi connectivity index (χ0v) is 9.07. The molecule has 15 heavy (non-hydrogen) atoms. The molecular formula is C10H19NO4. The molecule has 2 N–H and O–H groups in total. The fourth-order valence-corrected chi connectivity index (χ4v) is 1.75. The SMILES string of the molecule is CCOC(=O)OC1CC(CCO)CCN1. The van der Waals surface area contributed by atoms with Crippen molar-refractivity contribution in [3.05, 3.63) is 0 Å². The summed E-state index contributed by atoms with van der Waals surface area (Å²) in [5.74, 6) is 0.427. The van der Waals surface area contributed by atoms with E-state index in [9.17, 15) is 4.79 Å². The van der Waals surface area contributed by atoms with Crippen LogP contribution in [0, 0.1) is 5.92 Å². The number of hydrogen-bond acceptors (Lipinski definition) is 5. The van der Waals surface area contributed by atoms with E-state index in [4.69, 9.17) is 9.84 Å². The third-order valence-corrected chi connectivity index (χ3v) is 2.51. The van der Waals surface area contributed by atoms with E-state index < -0.39 is 6.16 Å². The minimum absolute atomic E-state index is 0.191. The molecule has 0 aromatic rings. The van der Waals surface area contributed by atoms with Gasteiger partial charge in [0.2, 0.25) is 0 Å². The van der Waals surface area contributed by atoms with Crippen molar-refractivity contribution >= 4 is 6.16 Å². The van der Waals surface area contributed by atoms with Crippen LogP contribution in [0.2, 0.25) is 0 Å². The van der Waals surface area contributed by atoms with E-state index in [1.165, 1.54) is 0 Å². The van der Waals surface area contributed by atoms with Gasteiger partial charge in [-0.15, -0.1) is 0 Å². The van der Waals surface area contributed by atoms with Crippen LogP contribution < -0.4 is 5.32 Å². The molecular weight excluding hydrogens is 198 g/mol. The van der Waals surface area contributed by atoms with Crippen LogP contribution in [-0.2, 0) is 9.47 Å². The highest BCUT2D eigenvalue weighted by molar-refractivity contribution is 5.59. The van der Waals surface area contributed by atoms with Crippen LogP contribution in [0.1, 0.15) is 26.2 Å². The smallest absolute Gasteiger partial charge is 0.435 e. The lowest BCUT2D eigenvalue weighted by Gasteiger charge is -2.29. The summed E-state index contributed by atoms with van der Waals surface area (Å²) in [7, 11) is 0. The summed E-state index contributed by atoms with van der Waals surface area (Å²) in [6, 6.07) is 0. The Bertz CT molecular complexity index is 196. The second-order valence-electron chi connectivity index (χ2n) is 3.65. The highest BCUT2D eigenvalue weighted by Gasteiger charge is 2.24. The van der Waals surface area contributed by atoms with E-state index in [0.29, 0.717) is 12.5 Å². The van der Waals surface area contributed by atoms with E-state index in [0.717, 1.165) is 25.8 Å². The highest BCUT2D eigenvalue weighted by Crippen LogP contribution is 2.20. The molecule has 88 valence electrons. The molecule has 5 nitrogen and oxygen atoms in total. The van der Waals surface area contributed by atoms with Crippen molar-refractivity contribution in [1.29, 1.82) is 0 Å². The van der Waals surface area contributed by atoms with Gasteiger partial charge in [0.05, 0.1) is 6.61 Å². The molecule has 5 heteroatoms. The van der Waals surface area contributed by atoms with E-state index in [1.54, 1.807) is 6.92 Å². The maximum absolute atomic E-state index is 11.0. The first-order valence-corrected chi connectivity index (χ1v) is 5.44. The standard InChI is InChI=1S/C10H19NO4/c1-2-14-10(13)15-9-7-8(4-6-12)3-5-11-9/h8-9,11-12H,2-7H2,1H3. The normalized spacial score (nSPS) is 26.0. The third kappa shape index (κ3) is 4.48. The van der Waals surface area contributed by atoms with E-state index in [1.807, 2.05) is 0 Å².